The average Bonchev–Trinajstić information content (AvgIpc) is 3.78. The first kappa shape index (κ1) is 42.8. The third-order valence-corrected chi connectivity index (χ3v) is 13.1. The number of fused-ring (bicyclic) bond motifs is 3. The molecule has 1 heterocycles. The van der Waals surface area contributed by atoms with Crippen molar-refractivity contribution in [3.8, 4) is 5.69 Å². The Bertz CT molecular complexity index is 3360. The van der Waals surface area contributed by atoms with Gasteiger partial charge in [0.2, 0.25) is 0 Å². The van der Waals surface area contributed by atoms with E-state index in [1.54, 1.807) is 0 Å². The van der Waals surface area contributed by atoms with Crippen LogP contribution in [-0.4, -0.2) is 4.57 Å². The smallest absolute Gasteiger partial charge is 0.0541 e. The zero-order valence-electron chi connectivity index (χ0n) is 39.0. The molecule has 71 heavy (non-hydrogen) atoms. The van der Waals surface area contributed by atoms with Crippen LogP contribution in [0.15, 0.2) is 297 Å². The molecular weight excluding hydrogens is 863 g/mol. The Morgan fingerprint density at radius 2 is 0.394 bits per heavy atom. The molecule has 5 heteroatoms. The molecular formula is C66H49N5. The van der Waals surface area contributed by atoms with Crippen molar-refractivity contribution in [3.05, 3.63) is 297 Å². The van der Waals surface area contributed by atoms with Crippen molar-refractivity contribution in [2.24, 2.45) is 0 Å². The van der Waals surface area contributed by atoms with E-state index in [1.165, 1.54) is 10.8 Å². The molecule has 0 radical (unpaired) electrons. The SMILES string of the molecule is c1ccc(N(c2ccccc2)c2ccc(N(c3ccccc3)c3cc(N(c4ccccc4)c4ccc(N(c5ccccc5)c5ccccc5)cc4)cc(-n4c5ccccc5c5ccccc54)c3)cc2)cc1. The number of benzene rings is 11. The lowest BCUT2D eigenvalue weighted by Crippen LogP contribution is -2.15. The maximum absolute atomic E-state index is 2.42. The second-order valence-electron chi connectivity index (χ2n) is 17.5. The highest BCUT2D eigenvalue weighted by atomic mass is 15.2. The standard InChI is InChI=1S/C66H49N5/c1-7-23-50(24-8-1)67(51-25-9-2-10-26-51)56-39-43-58(44-40-56)69(54-31-15-5-16-32-54)60-47-61(49-62(48-60)71-65-37-21-19-35-63(65)64-36-20-22-38-66(64)71)70(55-33-17-6-18-34-55)59-45-41-57(42-46-59)68(52-27-11-3-12-28-52)53-29-13-4-14-30-53/h1-49H. The van der Waals surface area contributed by atoms with Crippen LogP contribution in [0, 0.1) is 0 Å². The van der Waals surface area contributed by atoms with Gasteiger partial charge in [-0.1, -0.05) is 146 Å². The number of rotatable bonds is 13. The molecule has 0 unspecified atom stereocenters. The van der Waals surface area contributed by atoms with Crippen molar-refractivity contribution in [2.75, 3.05) is 19.6 Å². The lowest BCUT2D eigenvalue weighted by Gasteiger charge is -2.31. The lowest BCUT2D eigenvalue weighted by molar-refractivity contribution is 1.16. The Morgan fingerprint density at radius 1 is 0.183 bits per heavy atom. The first-order chi connectivity index (χ1) is 35.2. The minimum Gasteiger partial charge on any atom is -0.311 e. The maximum atomic E-state index is 2.42. The Morgan fingerprint density at radius 3 is 0.662 bits per heavy atom. The summed E-state index contributed by atoms with van der Waals surface area (Å²) in [7, 11) is 0. The van der Waals surface area contributed by atoms with Crippen LogP contribution in [0.5, 0.6) is 0 Å². The van der Waals surface area contributed by atoms with E-state index in [0.29, 0.717) is 0 Å². The first-order valence-electron chi connectivity index (χ1n) is 24.1. The molecule has 0 saturated heterocycles. The van der Waals surface area contributed by atoms with Gasteiger partial charge in [0.25, 0.3) is 0 Å². The maximum Gasteiger partial charge on any atom is 0.0541 e. The van der Waals surface area contributed by atoms with Gasteiger partial charge in [-0.25, -0.2) is 0 Å². The Labute approximate surface area is 415 Å². The lowest BCUT2D eigenvalue weighted by atomic mass is 10.1. The van der Waals surface area contributed by atoms with E-state index < -0.39 is 0 Å². The van der Waals surface area contributed by atoms with Gasteiger partial charge in [0.15, 0.2) is 0 Å². The average molecular weight is 912 g/mol. The topological polar surface area (TPSA) is 17.9 Å². The summed E-state index contributed by atoms with van der Waals surface area (Å²) >= 11 is 0. The molecule has 0 spiro atoms. The van der Waals surface area contributed by atoms with E-state index in [4.69, 9.17) is 0 Å². The van der Waals surface area contributed by atoms with Gasteiger partial charge >= 0.3 is 0 Å². The molecule has 0 aliphatic carbocycles. The van der Waals surface area contributed by atoms with Gasteiger partial charge in [-0.15, -0.1) is 0 Å². The van der Waals surface area contributed by atoms with E-state index in [1.807, 2.05) is 0 Å². The Hall–Kier alpha value is -9.58. The monoisotopic (exact) mass is 911 g/mol. The molecule has 0 amide bonds. The Kier molecular flexibility index (Phi) is 11.6. The summed E-state index contributed by atoms with van der Waals surface area (Å²) in [4.78, 5) is 9.37. The Balaban J connectivity index is 1.06. The van der Waals surface area contributed by atoms with E-state index in [9.17, 15) is 0 Å². The van der Waals surface area contributed by atoms with Crippen LogP contribution >= 0.6 is 0 Å². The van der Waals surface area contributed by atoms with Gasteiger partial charge in [0, 0.05) is 67.6 Å². The minimum atomic E-state index is 1.01. The van der Waals surface area contributed by atoms with E-state index >= 15 is 0 Å². The summed E-state index contributed by atoms with van der Waals surface area (Å²) in [6.07, 6.45) is 0. The van der Waals surface area contributed by atoms with E-state index in [2.05, 4.69) is 321 Å². The van der Waals surface area contributed by atoms with Gasteiger partial charge in [0.1, 0.15) is 0 Å². The third kappa shape index (κ3) is 8.43. The fourth-order valence-corrected chi connectivity index (χ4v) is 9.92. The van der Waals surface area contributed by atoms with Crippen LogP contribution in [0.25, 0.3) is 27.5 Å². The van der Waals surface area contributed by atoms with Gasteiger partial charge in [-0.2, -0.15) is 0 Å². The number of aromatic nitrogens is 1. The molecule has 0 atom stereocenters. The summed E-state index contributed by atoms with van der Waals surface area (Å²) in [5.74, 6) is 0. The third-order valence-electron chi connectivity index (χ3n) is 13.1. The van der Waals surface area contributed by atoms with Crippen LogP contribution < -0.4 is 19.6 Å². The number of anilines is 12. The summed E-state index contributed by atoms with van der Waals surface area (Å²) in [6, 6.07) is 106. The van der Waals surface area contributed by atoms with E-state index in [-0.39, 0.29) is 0 Å². The molecule has 12 rings (SSSR count). The molecule has 0 aliphatic rings. The van der Waals surface area contributed by atoms with Gasteiger partial charge < -0.3 is 24.2 Å². The summed E-state index contributed by atoms with van der Waals surface area (Å²) < 4.78 is 2.42. The van der Waals surface area contributed by atoms with Crippen LogP contribution in [0.4, 0.5) is 68.2 Å². The quantitative estimate of drug-likeness (QED) is 0.115. The predicted octanol–water partition coefficient (Wildman–Crippen LogP) is 18.7. The number of para-hydroxylation sites is 8. The number of hydrogen-bond acceptors (Lipinski definition) is 4. The molecule has 12 aromatic rings. The molecule has 0 bridgehead atoms. The second kappa shape index (κ2) is 19.2. The zero-order chi connectivity index (χ0) is 47.3. The van der Waals surface area contributed by atoms with Gasteiger partial charge in [-0.05, 0) is 152 Å². The van der Waals surface area contributed by atoms with Crippen LogP contribution in [-0.2, 0) is 0 Å². The van der Waals surface area contributed by atoms with Gasteiger partial charge in [-0.3, -0.25) is 0 Å². The van der Waals surface area contributed by atoms with Gasteiger partial charge in [0.05, 0.1) is 28.1 Å². The molecule has 5 nitrogen and oxygen atoms in total. The number of hydrogen-bond donors (Lipinski definition) is 0. The highest BCUT2D eigenvalue weighted by Gasteiger charge is 2.23. The number of nitrogens with zero attached hydrogens (tertiary/aromatic N) is 5. The largest absolute Gasteiger partial charge is 0.311 e. The minimum absolute atomic E-state index is 1.01. The van der Waals surface area contributed by atoms with Crippen molar-refractivity contribution in [1.82, 2.24) is 4.57 Å². The fraction of sp³-hybridized carbons (Fsp3) is 0. The molecule has 0 saturated carbocycles. The molecule has 11 aromatic carbocycles. The van der Waals surface area contributed by atoms with Crippen LogP contribution in [0.1, 0.15) is 0 Å². The molecule has 0 N–H and O–H groups in total. The molecule has 338 valence electrons. The van der Waals surface area contributed by atoms with Crippen molar-refractivity contribution in [3.63, 3.8) is 0 Å². The second-order valence-corrected chi connectivity index (χ2v) is 17.5. The highest BCUT2D eigenvalue weighted by molar-refractivity contribution is 6.09. The van der Waals surface area contributed by atoms with Crippen LogP contribution in [0.2, 0.25) is 0 Å². The van der Waals surface area contributed by atoms with Crippen molar-refractivity contribution in [2.45, 2.75) is 0 Å². The van der Waals surface area contributed by atoms with Crippen molar-refractivity contribution in [1.29, 1.82) is 0 Å². The normalized spacial score (nSPS) is 11.1. The summed E-state index contributed by atoms with van der Waals surface area (Å²) in [5.41, 5.74) is 16.0. The van der Waals surface area contributed by atoms with E-state index in [0.717, 1.165) is 85.0 Å². The zero-order valence-corrected chi connectivity index (χ0v) is 39.0. The predicted molar refractivity (Wildman–Crippen MR) is 300 cm³/mol. The molecule has 0 aliphatic heterocycles. The summed E-state index contributed by atoms with van der Waals surface area (Å²) in [5, 5.41) is 2.42. The summed E-state index contributed by atoms with van der Waals surface area (Å²) in [6.45, 7) is 0. The molecule has 0 fully saturated rings. The first-order valence-corrected chi connectivity index (χ1v) is 24.1. The fourth-order valence-electron chi connectivity index (χ4n) is 9.92. The van der Waals surface area contributed by atoms with Crippen molar-refractivity contribution < 1.29 is 0 Å². The van der Waals surface area contributed by atoms with Crippen molar-refractivity contribution >= 4 is 90.1 Å². The molecule has 1 aromatic heterocycles. The van der Waals surface area contributed by atoms with Crippen LogP contribution in [0.3, 0.4) is 0 Å². The highest BCUT2D eigenvalue weighted by Crippen LogP contribution is 2.45.